The van der Waals surface area contributed by atoms with Crippen molar-refractivity contribution in [1.82, 2.24) is 4.90 Å². The minimum absolute atomic E-state index is 0.0563. The average Bonchev–Trinajstić information content (AvgIpc) is 2.12. The van der Waals surface area contributed by atoms with Gasteiger partial charge in [0.25, 0.3) is 6.43 Å². The van der Waals surface area contributed by atoms with Gasteiger partial charge in [-0.2, -0.15) is 12.6 Å². The van der Waals surface area contributed by atoms with Crippen LogP contribution in [-0.4, -0.2) is 48.4 Å². The zero-order valence-electron chi connectivity index (χ0n) is 8.33. The second kappa shape index (κ2) is 9.68. The van der Waals surface area contributed by atoms with E-state index in [1.165, 1.54) is 0 Å². The zero-order valence-corrected chi connectivity index (χ0v) is 9.23. The van der Waals surface area contributed by atoms with E-state index < -0.39 is 6.43 Å². The number of aliphatic hydroxyl groups excluding tert-OH is 1. The second-order valence-electron chi connectivity index (χ2n) is 3.20. The summed E-state index contributed by atoms with van der Waals surface area (Å²) < 4.78 is 24.1. The number of hydrogen-bond acceptors (Lipinski definition) is 3. The molecular formula is C9H19F2NOS. The molecule has 0 aromatic heterocycles. The normalized spacial score (nSPS) is 11.6. The minimum atomic E-state index is -2.31. The van der Waals surface area contributed by atoms with Crippen molar-refractivity contribution in [2.24, 2.45) is 0 Å². The van der Waals surface area contributed by atoms with Crippen molar-refractivity contribution in [2.45, 2.75) is 25.7 Å². The molecule has 0 saturated carbocycles. The van der Waals surface area contributed by atoms with Crippen molar-refractivity contribution in [2.75, 3.05) is 32.0 Å². The molecule has 0 spiro atoms. The molecule has 5 heteroatoms. The van der Waals surface area contributed by atoms with Gasteiger partial charge in [-0.1, -0.05) is 6.42 Å². The zero-order chi connectivity index (χ0) is 10.8. The first-order valence-electron chi connectivity index (χ1n) is 4.93. The van der Waals surface area contributed by atoms with E-state index in [2.05, 4.69) is 12.6 Å². The predicted octanol–water partition coefficient (Wildman–Crippen LogP) is 1.65. The number of hydrogen-bond donors (Lipinski definition) is 2. The first-order valence-corrected chi connectivity index (χ1v) is 5.56. The van der Waals surface area contributed by atoms with Crippen LogP contribution in [0.1, 0.15) is 19.3 Å². The number of unbranched alkanes of at least 4 members (excludes halogenated alkanes) is 2. The van der Waals surface area contributed by atoms with E-state index in [0.717, 1.165) is 25.0 Å². The van der Waals surface area contributed by atoms with E-state index in [4.69, 9.17) is 5.11 Å². The molecule has 0 atom stereocenters. The molecule has 0 aliphatic rings. The first-order chi connectivity index (χ1) is 6.70. The Bertz CT molecular complexity index is 127. The summed E-state index contributed by atoms with van der Waals surface area (Å²) in [6, 6.07) is 0. The van der Waals surface area contributed by atoms with Gasteiger partial charge in [0.1, 0.15) is 0 Å². The molecule has 1 N–H and O–H groups in total. The number of nitrogens with zero attached hydrogens (tertiary/aromatic N) is 1. The predicted molar refractivity (Wildman–Crippen MR) is 57.2 cm³/mol. The van der Waals surface area contributed by atoms with Crippen LogP contribution >= 0.6 is 12.6 Å². The van der Waals surface area contributed by atoms with Crippen LogP contribution in [0, 0.1) is 0 Å². The molecule has 0 radical (unpaired) electrons. The van der Waals surface area contributed by atoms with Crippen LogP contribution in [0.2, 0.25) is 0 Å². The maximum atomic E-state index is 12.0. The third-order valence-electron chi connectivity index (χ3n) is 1.94. The van der Waals surface area contributed by atoms with E-state index in [1.54, 1.807) is 4.90 Å². The average molecular weight is 227 g/mol. The number of halogens is 2. The molecular weight excluding hydrogens is 208 g/mol. The molecule has 14 heavy (non-hydrogen) atoms. The summed E-state index contributed by atoms with van der Waals surface area (Å²) in [4.78, 5) is 1.60. The van der Waals surface area contributed by atoms with E-state index in [1.807, 2.05) is 0 Å². The van der Waals surface area contributed by atoms with Crippen molar-refractivity contribution >= 4 is 12.6 Å². The molecule has 0 amide bonds. The Kier molecular flexibility index (Phi) is 9.77. The Hall–Kier alpha value is 0.130. The summed E-state index contributed by atoms with van der Waals surface area (Å²) in [5.41, 5.74) is 0. The largest absolute Gasteiger partial charge is 0.395 e. The minimum Gasteiger partial charge on any atom is -0.395 e. The molecule has 0 aliphatic carbocycles. The summed E-state index contributed by atoms with van der Waals surface area (Å²) in [6.45, 7) is 0.685. The Morgan fingerprint density at radius 3 is 2.36 bits per heavy atom. The molecule has 2 nitrogen and oxygen atoms in total. The van der Waals surface area contributed by atoms with Gasteiger partial charge >= 0.3 is 0 Å². The number of rotatable bonds is 9. The summed E-state index contributed by atoms with van der Waals surface area (Å²) in [5.74, 6) is 0.842. The van der Waals surface area contributed by atoms with Crippen molar-refractivity contribution in [1.29, 1.82) is 0 Å². The van der Waals surface area contributed by atoms with Gasteiger partial charge in [-0.3, -0.25) is 4.90 Å². The standard InChI is InChI=1S/C9H19F2NOS/c10-9(11)8-12(5-6-13)4-2-1-3-7-14/h9,13-14H,1-8H2. The monoisotopic (exact) mass is 227 g/mol. The summed E-state index contributed by atoms with van der Waals surface area (Å²) in [5, 5.41) is 8.65. The highest BCUT2D eigenvalue weighted by Gasteiger charge is 2.10. The van der Waals surface area contributed by atoms with Gasteiger partial charge in [-0.15, -0.1) is 0 Å². The molecule has 0 aromatic carbocycles. The topological polar surface area (TPSA) is 23.5 Å². The van der Waals surface area contributed by atoms with E-state index in [0.29, 0.717) is 13.1 Å². The highest BCUT2D eigenvalue weighted by atomic mass is 32.1. The molecule has 0 unspecified atom stereocenters. The van der Waals surface area contributed by atoms with Crippen LogP contribution in [0.5, 0.6) is 0 Å². The quantitative estimate of drug-likeness (QED) is 0.462. The van der Waals surface area contributed by atoms with Crippen LogP contribution in [0.3, 0.4) is 0 Å². The van der Waals surface area contributed by atoms with Gasteiger partial charge in [-0.05, 0) is 25.1 Å². The fourth-order valence-electron chi connectivity index (χ4n) is 1.25. The van der Waals surface area contributed by atoms with Gasteiger partial charge in [-0.25, -0.2) is 8.78 Å². The van der Waals surface area contributed by atoms with E-state index in [9.17, 15) is 8.78 Å². The Morgan fingerprint density at radius 1 is 1.14 bits per heavy atom. The van der Waals surface area contributed by atoms with Crippen LogP contribution in [0.4, 0.5) is 8.78 Å². The fraction of sp³-hybridized carbons (Fsp3) is 1.00. The van der Waals surface area contributed by atoms with E-state index in [-0.39, 0.29) is 13.2 Å². The molecule has 86 valence electrons. The van der Waals surface area contributed by atoms with Gasteiger partial charge < -0.3 is 5.11 Å². The van der Waals surface area contributed by atoms with Crippen molar-refractivity contribution in [3.05, 3.63) is 0 Å². The summed E-state index contributed by atoms with van der Waals surface area (Å²) in [7, 11) is 0. The van der Waals surface area contributed by atoms with E-state index >= 15 is 0 Å². The lowest BCUT2D eigenvalue weighted by atomic mass is 10.2. The fourth-order valence-corrected chi connectivity index (χ4v) is 1.48. The van der Waals surface area contributed by atoms with Crippen LogP contribution < -0.4 is 0 Å². The van der Waals surface area contributed by atoms with Gasteiger partial charge in [0, 0.05) is 6.54 Å². The van der Waals surface area contributed by atoms with Crippen LogP contribution in [-0.2, 0) is 0 Å². The molecule has 0 aromatic rings. The smallest absolute Gasteiger partial charge is 0.251 e. The highest BCUT2D eigenvalue weighted by molar-refractivity contribution is 7.80. The lowest BCUT2D eigenvalue weighted by Gasteiger charge is -2.20. The van der Waals surface area contributed by atoms with Crippen molar-refractivity contribution in [3.8, 4) is 0 Å². The lowest BCUT2D eigenvalue weighted by Crippen LogP contribution is -2.32. The molecule has 0 bridgehead atoms. The highest BCUT2D eigenvalue weighted by Crippen LogP contribution is 2.03. The molecule has 0 aliphatic heterocycles. The van der Waals surface area contributed by atoms with Crippen molar-refractivity contribution in [3.63, 3.8) is 0 Å². The van der Waals surface area contributed by atoms with Gasteiger partial charge in [0.2, 0.25) is 0 Å². The van der Waals surface area contributed by atoms with Crippen LogP contribution in [0.25, 0.3) is 0 Å². The molecule has 0 fully saturated rings. The number of aliphatic hydroxyl groups is 1. The number of alkyl halides is 2. The first kappa shape index (κ1) is 14.1. The van der Waals surface area contributed by atoms with Gasteiger partial charge in [0.15, 0.2) is 0 Å². The second-order valence-corrected chi connectivity index (χ2v) is 3.65. The molecule has 0 saturated heterocycles. The maximum Gasteiger partial charge on any atom is 0.251 e. The SMILES string of the molecule is OCCN(CCCCCS)CC(F)F. The van der Waals surface area contributed by atoms with Gasteiger partial charge in [0.05, 0.1) is 13.2 Å². The summed E-state index contributed by atoms with van der Waals surface area (Å²) in [6.07, 6.45) is 0.610. The third-order valence-corrected chi connectivity index (χ3v) is 2.26. The molecule has 0 rings (SSSR count). The Morgan fingerprint density at radius 2 is 1.86 bits per heavy atom. The Labute approximate surface area is 89.7 Å². The third kappa shape index (κ3) is 8.72. The summed E-state index contributed by atoms with van der Waals surface area (Å²) >= 11 is 4.07. The van der Waals surface area contributed by atoms with Crippen LogP contribution in [0.15, 0.2) is 0 Å². The number of thiol groups is 1. The maximum absolute atomic E-state index is 12.0. The molecule has 0 heterocycles. The van der Waals surface area contributed by atoms with Crippen molar-refractivity contribution < 1.29 is 13.9 Å². The Balaban J connectivity index is 3.51. The lowest BCUT2D eigenvalue weighted by molar-refractivity contribution is 0.0775.